The van der Waals surface area contributed by atoms with Crippen molar-refractivity contribution in [3.05, 3.63) is 71.9 Å². The molecule has 0 unspecified atom stereocenters. The minimum absolute atomic E-state index is 0.0351. The van der Waals surface area contributed by atoms with Gasteiger partial charge in [-0.25, -0.2) is 4.98 Å². The summed E-state index contributed by atoms with van der Waals surface area (Å²) in [7, 11) is 0. The van der Waals surface area contributed by atoms with E-state index in [0.29, 0.717) is 11.4 Å². The number of aromatic nitrogens is 2. The number of nitrogens with two attached hydrogens (primary N) is 1. The Balaban J connectivity index is 1.52. The second-order valence-corrected chi connectivity index (χ2v) is 6.57. The number of carbonyl (C=O) groups excluding carboxylic acids is 2. The van der Waals surface area contributed by atoms with Gasteiger partial charge in [0.15, 0.2) is 0 Å². The number of rotatable bonds is 5. The Kier molecular flexibility index (Phi) is 4.41. The number of carbonyl (C=O) groups is 2. The van der Waals surface area contributed by atoms with Gasteiger partial charge in [-0.3, -0.25) is 20.4 Å². The monoisotopic (exact) mass is 373 g/mol. The van der Waals surface area contributed by atoms with Crippen LogP contribution in [0.4, 0.5) is 5.82 Å². The van der Waals surface area contributed by atoms with Gasteiger partial charge in [-0.05, 0) is 30.7 Å². The van der Waals surface area contributed by atoms with Gasteiger partial charge in [0.25, 0.3) is 11.8 Å². The van der Waals surface area contributed by atoms with Crippen LogP contribution in [-0.4, -0.2) is 21.4 Å². The Morgan fingerprint density at radius 2 is 1.86 bits per heavy atom. The van der Waals surface area contributed by atoms with Gasteiger partial charge in [-0.2, -0.15) is 0 Å². The molecular formula is C21H19N5O2. The fourth-order valence-corrected chi connectivity index (χ4v) is 3.25. The molecule has 7 heteroatoms. The molecule has 140 valence electrons. The maximum Gasteiger partial charge on any atom is 0.258 e. The van der Waals surface area contributed by atoms with Crippen molar-refractivity contribution < 1.29 is 9.59 Å². The van der Waals surface area contributed by atoms with Crippen molar-refractivity contribution in [1.29, 1.82) is 0 Å². The summed E-state index contributed by atoms with van der Waals surface area (Å²) in [4.78, 5) is 28.6. The largest absolute Gasteiger partial charge is 0.366 e. The molecule has 28 heavy (non-hydrogen) atoms. The van der Waals surface area contributed by atoms with E-state index >= 15 is 0 Å². The van der Waals surface area contributed by atoms with E-state index in [1.165, 1.54) is 0 Å². The van der Waals surface area contributed by atoms with Crippen LogP contribution < -0.4 is 16.6 Å². The minimum Gasteiger partial charge on any atom is -0.366 e. The van der Waals surface area contributed by atoms with Crippen molar-refractivity contribution in [2.75, 3.05) is 5.43 Å². The number of hydrogen-bond acceptors (Lipinski definition) is 4. The molecule has 2 aromatic carbocycles. The number of para-hydroxylation sites is 2. The molecule has 0 aliphatic rings. The first-order chi connectivity index (χ1) is 13.5. The number of amides is 2. The molecule has 0 aliphatic carbocycles. The molecule has 0 fully saturated rings. The lowest BCUT2D eigenvalue weighted by molar-refractivity contribution is -0.121. The first-order valence-electron chi connectivity index (χ1n) is 8.82. The number of nitrogens with zero attached hydrogens (tertiary/aromatic N) is 2. The van der Waals surface area contributed by atoms with Crippen molar-refractivity contribution >= 4 is 39.4 Å². The predicted octanol–water partition coefficient (Wildman–Crippen LogP) is 2.74. The summed E-state index contributed by atoms with van der Waals surface area (Å²) >= 11 is 0. The molecule has 0 atom stereocenters. The summed E-state index contributed by atoms with van der Waals surface area (Å²) in [6.07, 6.45) is 1.60. The van der Waals surface area contributed by atoms with Crippen LogP contribution in [-0.2, 0) is 11.3 Å². The summed E-state index contributed by atoms with van der Waals surface area (Å²) in [5.74, 6) is -0.210. The van der Waals surface area contributed by atoms with Crippen LogP contribution in [0.3, 0.4) is 0 Å². The standard InChI is InChI=1S/C21H19N5O2/c1-13-10-14-6-2-4-8-17(14)23-21(13)25-24-19(27)12-26-11-16(20(22)28)15-7-3-5-9-18(15)26/h2-11H,12H2,1H3,(H2,22,28)(H,23,25)(H,24,27). The maximum absolute atomic E-state index is 12.4. The van der Waals surface area contributed by atoms with E-state index in [9.17, 15) is 9.59 Å². The van der Waals surface area contributed by atoms with Crippen molar-refractivity contribution in [3.63, 3.8) is 0 Å². The summed E-state index contributed by atoms with van der Waals surface area (Å²) in [5.41, 5.74) is 13.9. The molecule has 4 rings (SSSR count). The first-order valence-corrected chi connectivity index (χ1v) is 8.82. The molecule has 0 saturated carbocycles. The Morgan fingerprint density at radius 3 is 2.68 bits per heavy atom. The van der Waals surface area contributed by atoms with Gasteiger partial charge in [0.05, 0.1) is 11.1 Å². The van der Waals surface area contributed by atoms with Gasteiger partial charge in [0, 0.05) is 22.5 Å². The Bertz CT molecular complexity index is 1210. The highest BCUT2D eigenvalue weighted by Crippen LogP contribution is 2.21. The van der Waals surface area contributed by atoms with Crippen molar-refractivity contribution in [3.8, 4) is 0 Å². The number of pyridine rings is 1. The molecule has 2 aromatic heterocycles. The van der Waals surface area contributed by atoms with Crippen LogP contribution in [0.5, 0.6) is 0 Å². The lowest BCUT2D eigenvalue weighted by Crippen LogP contribution is -2.33. The topological polar surface area (TPSA) is 102 Å². The quantitative estimate of drug-likeness (QED) is 0.468. The number of aryl methyl sites for hydroxylation is 1. The normalized spacial score (nSPS) is 10.9. The van der Waals surface area contributed by atoms with E-state index < -0.39 is 5.91 Å². The molecule has 0 radical (unpaired) electrons. The summed E-state index contributed by atoms with van der Waals surface area (Å²) in [5, 5.41) is 1.76. The third-order valence-electron chi connectivity index (χ3n) is 4.60. The second kappa shape index (κ2) is 7.03. The number of hydrogen-bond donors (Lipinski definition) is 3. The van der Waals surface area contributed by atoms with Crippen LogP contribution in [0.15, 0.2) is 60.8 Å². The summed E-state index contributed by atoms with van der Waals surface area (Å²) in [6, 6.07) is 17.1. The third-order valence-corrected chi connectivity index (χ3v) is 4.60. The van der Waals surface area contributed by atoms with E-state index in [0.717, 1.165) is 27.4 Å². The van der Waals surface area contributed by atoms with Crippen LogP contribution in [0, 0.1) is 6.92 Å². The van der Waals surface area contributed by atoms with Crippen LogP contribution in [0.25, 0.3) is 21.8 Å². The Morgan fingerprint density at radius 1 is 1.11 bits per heavy atom. The number of hydrazine groups is 1. The van der Waals surface area contributed by atoms with E-state index in [2.05, 4.69) is 15.8 Å². The molecule has 4 aromatic rings. The highest BCUT2D eigenvalue weighted by Gasteiger charge is 2.14. The highest BCUT2D eigenvalue weighted by molar-refractivity contribution is 6.06. The van der Waals surface area contributed by atoms with Gasteiger partial charge >= 0.3 is 0 Å². The zero-order valence-corrected chi connectivity index (χ0v) is 15.3. The zero-order chi connectivity index (χ0) is 19.7. The maximum atomic E-state index is 12.4. The van der Waals surface area contributed by atoms with Crippen LogP contribution in [0.2, 0.25) is 0 Å². The van der Waals surface area contributed by atoms with Crippen LogP contribution in [0.1, 0.15) is 15.9 Å². The molecule has 2 heterocycles. The molecule has 0 bridgehead atoms. The zero-order valence-electron chi connectivity index (χ0n) is 15.3. The smallest absolute Gasteiger partial charge is 0.258 e. The van der Waals surface area contributed by atoms with E-state index in [4.69, 9.17) is 5.73 Å². The predicted molar refractivity (Wildman–Crippen MR) is 109 cm³/mol. The molecule has 0 saturated heterocycles. The SMILES string of the molecule is Cc1cc2ccccc2nc1NNC(=O)Cn1cc(C(N)=O)c2ccccc21. The van der Waals surface area contributed by atoms with Crippen LogP contribution >= 0.6 is 0 Å². The third kappa shape index (κ3) is 3.25. The fourth-order valence-electron chi connectivity index (χ4n) is 3.25. The van der Waals surface area contributed by atoms with Gasteiger partial charge in [0.1, 0.15) is 12.4 Å². The summed E-state index contributed by atoms with van der Waals surface area (Å²) in [6.45, 7) is 1.96. The average Bonchev–Trinajstić information content (AvgIpc) is 3.05. The number of nitrogens with one attached hydrogen (secondary N) is 2. The van der Waals surface area contributed by atoms with Gasteiger partial charge in [-0.15, -0.1) is 0 Å². The van der Waals surface area contributed by atoms with E-state index in [1.807, 2.05) is 61.5 Å². The van der Waals surface area contributed by atoms with Gasteiger partial charge in [-0.1, -0.05) is 36.4 Å². The van der Waals surface area contributed by atoms with Crippen molar-refractivity contribution in [1.82, 2.24) is 15.0 Å². The molecule has 0 aliphatic heterocycles. The minimum atomic E-state index is -0.524. The van der Waals surface area contributed by atoms with Crippen molar-refractivity contribution in [2.24, 2.45) is 5.73 Å². The molecule has 4 N–H and O–H groups in total. The lowest BCUT2D eigenvalue weighted by atomic mass is 10.1. The van der Waals surface area contributed by atoms with Gasteiger partial charge < -0.3 is 10.3 Å². The summed E-state index contributed by atoms with van der Waals surface area (Å²) < 4.78 is 1.70. The van der Waals surface area contributed by atoms with Gasteiger partial charge in [0.2, 0.25) is 0 Å². The number of primary amides is 1. The lowest BCUT2D eigenvalue weighted by Gasteiger charge is -2.12. The molecule has 7 nitrogen and oxygen atoms in total. The first kappa shape index (κ1) is 17.5. The number of anilines is 1. The second-order valence-electron chi connectivity index (χ2n) is 6.57. The molecular weight excluding hydrogens is 354 g/mol. The Hall–Kier alpha value is -3.87. The molecule has 2 amide bonds. The number of benzene rings is 2. The van der Waals surface area contributed by atoms with E-state index in [1.54, 1.807) is 10.8 Å². The van der Waals surface area contributed by atoms with E-state index in [-0.39, 0.29) is 12.5 Å². The average molecular weight is 373 g/mol. The highest BCUT2D eigenvalue weighted by atomic mass is 16.2. The number of fused-ring (bicyclic) bond motifs is 2. The van der Waals surface area contributed by atoms with Crippen molar-refractivity contribution in [2.45, 2.75) is 13.5 Å². The Labute approximate surface area is 161 Å². The fraction of sp³-hybridized carbons (Fsp3) is 0.0952. The molecule has 0 spiro atoms.